The number of non-ortho nitro benzene ring substituents is 1. The molecule has 1 atom stereocenters. The normalized spacial score (nSPS) is 12.3. The summed E-state index contributed by atoms with van der Waals surface area (Å²) in [6.07, 6.45) is 2.08. The van der Waals surface area contributed by atoms with E-state index >= 15 is 0 Å². The lowest BCUT2D eigenvalue weighted by Crippen LogP contribution is -2.22. The van der Waals surface area contributed by atoms with Crippen molar-refractivity contribution in [2.75, 3.05) is 6.61 Å². The molecule has 2 rings (SSSR count). The third-order valence-electron chi connectivity index (χ3n) is 3.03. The van der Waals surface area contributed by atoms with Gasteiger partial charge in [-0.05, 0) is 19.4 Å². The SMILES string of the molecule is CCOC(=O)C(CC)n1ncc2ccc([N+](=O)[O-])cc21. The molecule has 7 nitrogen and oxygen atoms in total. The number of carbonyl (C=O) groups is 1. The third-order valence-corrected chi connectivity index (χ3v) is 3.03. The van der Waals surface area contributed by atoms with Crippen LogP contribution in [0.4, 0.5) is 5.69 Å². The Morgan fingerprint density at radius 3 is 2.85 bits per heavy atom. The van der Waals surface area contributed by atoms with Crippen LogP contribution in [0.2, 0.25) is 0 Å². The first-order valence-electron chi connectivity index (χ1n) is 6.36. The van der Waals surface area contributed by atoms with E-state index in [1.807, 2.05) is 6.92 Å². The highest BCUT2D eigenvalue weighted by molar-refractivity contribution is 5.83. The van der Waals surface area contributed by atoms with E-state index in [0.717, 1.165) is 5.39 Å². The van der Waals surface area contributed by atoms with Crippen molar-refractivity contribution in [2.45, 2.75) is 26.3 Å². The summed E-state index contributed by atoms with van der Waals surface area (Å²) in [6, 6.07) is 3.88. The van der Waals surface area contributed by atoms with E-state index in [-0.39, 0.29) is 18.3 Å². The zero-order valence-corrected chi connectivity index (χ0v) is 11.3. The highest BCUT2D eigenvalue weighted by Gasteiger charge is 2.23. The molecular formula is C13H15N3O4. The summed E-state index contributed by atoms with van der Waals surface area (Å²) in [7, 11) is 0. The number of nitro benzene ring substituents is 1. The van der Waals surface area contributed by atoms with Gasteiger partial charge in [-0.25, -0.2) is 4.79 Å². The minimum atomic E-state index is -0.575. The fourth-order valence-electron chi connectivity index (χ4n) is 2.07. The topological polar surface area (TPSA) is 87.3 Å². The molecule has 0 saturated carbocycles. The Morgan fingerprint density at radius 1 is 1.50 bits per heavy atom. The summed E-state index contributed by atoms with van der Waals surface area (Å²) in [5.74, 6) is -0.383. The van der Waals surface area contributed by atoms with Gasteiger partial charge in [-0.1, -0.05) is 6.92 Å². The van der Waals surface area contributed by atoms with Crippen molar-refractivity contribution in [3.63, 3.8) is 0 Å². The fourth-order valence-corrected chi connectivity index (χ4v) is 2.07. The summed E-state index contributed by atoms with van der Waals surface area (Å²) in [5.41, 5.74) is 0.525. The number of carbonyl (C=O) groups excluding carboxylic acids is 1. The molecule has 20 heavy (non-hydrogen) atoms. The molecule has 0 N–H and O–H groups in total. The average molecular weight is 277 g/mol. The molecule has 2 aromatic rings. The maximum atomic E-state index is 11.9. The van der Waals surface area contributed by atoms with Gasteiger partial charge in [0, 0.05) is 17.5 Å². The average Bonchev–Trinajstić information content (AvgIpc) is 2.83. The molecule has 106 valence electrons. The van der Waals surface area contributed by atoms with E-state index in [4.69, 9.17) is 4.74 Å². The standard InChI is InChI=1S/C13H15N3O4/c1-3-11(13(17)20-4-2)15-12-7-10(16(18)19)6-5-9(12)8-14-15/h5-8,11H,3-4H2,1-2H3. The molecule has 1 heterocycles. The van der Waals surface area contributed by atoms with Gasteiger partial charge in [-0.3, -0.25) is 14.8 Å². The molecule has 7 heteroatoms. The minimum Gasteiger partial charge on any atom is -0.464 e. The zero-order valence-electron chi connectivity index (χ0n) is 11.3. The second-order valence-corrected chi connectivity index (χ2v) is 4.27. The second kappa shape index (κ2) is 5.68. The van der Waals surface area contributed by atoms with Gasteiger partial charge in [0.1, 0.15) is 6.04 Å². The predicted molar refractivity (Wildman–Crippen MR) is 72.3 cm³/mol. The number of rotatable bonds is 5. The van der Waals surface area contributed by atoms with E-state index < -0.39 is 11.0 Å². The van der Waals surface area contributed by atoms with Gasteiger partial charge in [0.25, 0.3) is 5.69 Å². The summed E-state index contributed by atoms with van der Waals surface area (Å²) in [5, 5.41) is 15.7. The van der Waals surface area contributed by atoms with Crippen molar-refractivity contribution in [3.05, 3.63) is 34.5 Å². The molecule has 1 unspecified atom stereocenters. The zero-order chi connectivity index (χ0) is 14.7. The molecule has 0 aliphatic heterocycles. The van der Waals surface area contributed by atoms with Crippen molar-refractivity contribution in [2.24, 2.45) is 0 Å². The van der Waals surface area contributed by atoms with Crippen molar-refractivity contribution in [1.29, 1.82) is 0 Å². The number of hydrogen-bond acceptors (Lipinski definition) is 5. The second-order valence-electron chi connectivity index (χ2n) is 4.27. The number of aromatic nitrogens is 2. The van der Waals surface area contributed by atoms with Gasteiger partial charge in [-0.2, -0.15) is 5.10 Å². The molecular weight excluding hydrogens is 262 g/mol. The molecule has 1 aromatic heterocycles. The Morgan fingerprint density at radius 2 is 2.25 bits per heavy atom. The van der Waals surface area contributed by atoms with Crippen LogP contribution in [-0.2, 0) is 9.53 Å². The summed E-state index contributed by atoms with van der Waals surface area (Å²) < 4.78 is 6.50. The maximum absolute atomic E-state index is 11.9. The Bertz CT molecular complexity index is 650. The van der Waals surface area contributed by atoms with Gasteiger partial charge in [-0.15, -0.1) is 0 Å². The van der Waals surface area contributed by atoms with Crippen LogP contribution in [0.25, 0.3) is 10.9 Å². The number of benzene rings is 1. The van der Waals surface area contributed by atoms with Gasteiger partial charge in [0.2, 0.25) is 0 Å². The number of nitrogens with zero attached hydrogens (tertiary/aromatic N) is 3. The predicted octanol–water partition coefficient (Wildman–Crippen LogP) is 2.46. The van der Waals surface area contributed by atoms with Crippen LogP contribution in [-0.4, -0.2) is 27.3 Å². The number of ether oxygens (including phenoxy) is 1. The van der Waals surface area contributed by atoms with Gasteiger partial charge < -0.3 is 4.74 Å². The molecule has 0 radical (unpaired) electrons. The van der Waals surface area contributed by atoms with Crippen LogP contribution in [0.3, 0.4) is 0 Å². The largest absolute Gasteiger partial charge is 0.464 e. The Labute approximate surface area is 115 Å². The highest BCUT2D eigenvalue weighted by atomic mass is 16.6. The monoisotopic (exact) mass is 277 g/mol. The fraction of sp³-hybridized carbons (Fsp3) is 0.385. The first-order valence-corrected chi connectivity index (χ1v) is 6.36. The summed E-state index contributed by atoms with van der Waals surface area (Å²) in [4.78, 5) is 22.3. The number of hydrogen-bond donors (Lipinski definition) is 0. The molecule has 0 bridgehead atoms. The van der Waals surface area contributed by atoms with E-state index in [9.17, 15) is 14.9 Å². The lowest BCUT2D eigenvalue weighted by molar-refractivity contribution is -0.384. The number of esters is 1. The summed E-state index contributed by atoms with van der Waals surface area (Å²) in [6.45, 7) is 3.86. The van der Waals surface area contributed by atoms with Crippen molar-refractivity contribution in [3.8, 4) is 0 Å². The first kappa shape index (κ1) is 14.0. The van der Waals surface area contributed by atoms with E-state index in [1.165, 1.54) is 16.8 Å². The Hall–Kier alpha value is -2.44. The summed E-state index contributed by atoms with van der Waals surface area (Å²) >= 11 is 0. The Balaban J connectivity index is 2.49. The van der Waals surface area contributed by atoms with Crippen LogP contribution >= 0.6 is 0 Å². The molecule has 0 aliphatic rings. The van der Waals surface area contributed by atoms with Crippen LogP contribution < -0.4 is 0 Å². The lowest BCUT2D eigenvalue weighted by Gasteiger charge is -2.15. The van der Waals surface area contributed by atoms with Crippen LogP contribution in [0, 0.1) is 10.1 Å². The minimum absolute atomic E-state index is 0.0297. The number of fused-ring (bicyclic) bond motifs is 1. The highest BCUT2D eigenvalue weighted by Crippen LogP contribution is 2.25. The van der Waals surface area contributed by atoms with Crippen LogP contribution in [0.1, 0.15) is 26.3 Å². The smallest absolute Gasteiger partial charge is 0.330 e. The molecule has 0 spiro atoms. The van der Waals surface area contributed by atoms with Crippen LogP contribution in [0.15, 0.2) is 24.4 Å². The molecule has 0 amide bonds. The van der Waals surface area contributed by atoms with E-state index in [1.54, 1.807) is 19.2 Å². The molecule has 0 fully saturated rings. The lowest BCUT2D eigenvalue weighted by atomic mass is 10.2. The Kier molecular flexibility index (Phi) is 3.97. The number of nitro groups is 1. The molecule has 0 aliphatic carbocycles. The van der Waals surface area contributed by atoms with Crippen molar-refractivity contribution in [1.82, 2.24) is 9.78 Å². The van der Waals surface area contributed by atoms with Gasteiger partial charge >= 0.3 is 5.97 Å². The molecule has 1 aromatic carbocycles. The first-order chi connectivity index (χ1) is 9.58. The van der Waals surface area contributed by atoms with Crippen molar-refractivity contribution >= 4 is 22.6 Å². The van der Waals surface area contributed by atoms with Gasteiger partial charge in [0.05, 0.1) is 23.2 Å². The van der Waals surface area contributed by atoms with E-state index in [0.29, 0.717) is 11.9 Å². The van der Waals surface area contributed by atoms with Crippen LogP contribution in [0.5, 0.6) is 0 Å². The molecule has 0 saturated heterocycles. The van der Waals surface area contributed by atoms with E-state index in [2.05, 4.69) is 5.10 Å². The van der Waals surface area contributed by atoms with Gasteiger partial charge in [0.15, 0.2) is 0 Å². The quantitative estimate of drug-likeness (QED) is 0.476. The van der Waals surface area contributed by atoms with Crippen molar-refractivity contribution < 1.29 is 14.5 Å². The maximum Gasteiger partial charge on any atom is 0.330 e. The third kappa shape index (κ3) is 2.47.